The number of nitro benzene ring substituents is 1. The van der Waals surface area contributed by atoms with Gasteiger partial charge in [0.2, 0.25) is 5.91 Å². The summed E-state index contributed by atoms with van der Waals surface area (Å²) < 4.78 is 5.93. The fourth-order valence-corrected chi connectivity index (χ4v) is 5.13. The topological polar surface area (TPSA) is 126 Å². The maximum absolute atomic E-state index is 13.5. The normalized spacial score (nSPS) is 10.5. The lowest BCUT2D eigenvalue weighted by Crippen LogP contribution is -2.37. The highest BCUT2D eigenvalue weighted by atomic mass is 79.9. The summed E-state index contributed by atoms with van der Waals surface area (Å²) in [4.78, 5) is 42.5. The molecule has 0 aliphatic rings. The first-order valence-electron chi connectivity index (χ1n) is 12.4. The molecule has 41 heavy (non-hydrogen) atoms. The molecule has 4 aromatic rings. The number of thioether (sulfide) groups is 1. The van der Waals surface area contributed by atoms with E-state index < -0.39 is 23.3 Å². The number of amides is 1. The van der Waals surface area contributed by atoms with E-state index in [1.54, 1.807) is 6.92 Å². The van der Waals surface area contributed by atoms with Gasteiger partial charge < -0.3 is 9.64 Å². The number of carbonyl (C=O) groups excluding carboxylic acids is 2. The van der Waals surface area contributed by atoms with Crippen LogP contribution >= 0.6 is 27.7 Å². The van der Waals surface area contributed by atoms with Crippen LogP contribution in [0.5, 0.6) is 0 Å². The number of benzene rings is 3. The third kappa shape index (κ3) is 7.36. The van der Waals surface area contributed by atoms with Gasteiger partial charge in [0.25, 0.3) is 5.69 Å². The average Bonchev–Trinajstić information content (AvgIpc) is 2.99. The summed E-state index contributed by atoms with van der Waals surface area (Å²) in [5.74, 6) is -1.36. The molecule has 0 aliphatic heterocycles. The first-order chi connectivity index (χ1) is 19.8. The number of carbonyl (C=O) groups is 2. The fraction of sp³-hybridized carbons (Fsp3) is 0.133. The van der Waals surface area contributed by atoms with Gasteiger partial charge in [-0.05, 0) is 36.8 Å². The number of nitriles is 1. The van der Waals surface area contributed by atoms with Gasteiger partial charge in [-0.25, -0.2) is 4.98 Å². The van der Waals surface area contributed by atoms with Crippen LogP contribution in [0.1, 0.15) is 12.5 Å². The molecule has 0 N–H and O–H groups in total. The van der Waals surface area contributed by atoms with Crippen LogP contribution in [0.2, 0.25) is 0 Å². The molecule has 0 fully saturated rings. The largest absolute Gasteiger partial charge is 0.465 e. The molecule has 206 valence electrons. The molecular formula is C30H23BrN4O5S. The Hall–Kier alpha value is -4.53. The molecule has 3 aromatic carbocycles. The number of nitro groups is 1. The van der Waals surface area contributed by atoms with Gasteiger partial charge in [-0.1, -0.05) is 76.2 Å². The Morgan fingerprint density at radius 2 is 1.78 bits per heavy atom. The van der Waals surface area contributed by atoms with Crippen molar-refractivity contribution in [2.45, 2.75) is 11.9 Å². The summed E-state index contributed by atoms with van der Waals surface area (Å²) in [6.45, 7) is 1.33. The van der Waals surface area contributed by atoms with Gasteiger partial charge >= 0.3 is 5.97 Å². The van der Waals surface area contributed by atoms with Crippen molar-refractivity contribution in [3.05, 3.63) is 105 Å². The first-order valence-corrected chi connectivity index (χ1v) is 14.2. The zero-order valence-corrected chi connectivity index (χ0v) is 24.2. The number of ether oxygens (including phenoxy) is 1. The average molecular weight is 632 g/mol. The molecule has 0 bridgehead atoms. The van der Waals surface area contributed by atoms with Gasteiger partial charge in [-0.2, -0.15) is 5.26 Å². The maximum Gasteiger partial charge on any atom is 0.326 e. The molecule has 0 unspecified atom stereocenters. The van der Waals surface area contributed by atoms with Crippen molar-refractivity contribution in [2.75, 3.05) is 23.8 Å². The van der Waals surface area contributed by atoms with Crippen molar-refractivity contribution in [1.29, 1.82) is 5.26 Å². The van der Waals surface area contributed by atoms with Crippen molar-refractivity contribution in [1.82, 2.24) is 4.98 Å². The van der Waals surface area contributed by atoms with Crippen LogP contribution in [0.4, 0.5) is 11.4 Å². The molecule has 1 aromatic heterocycles. The van der Waals surface area contributed by atoms with E-state index in [1.807, 2.05) is 60.7 Å². The number of nitrogens with zero attached hydrogens (tertiary/aromatic N) is 4. The zero-order valence-electron chi connectivity index (χ0n) is 21.8. The zero-order chi connectivity index (χ0) is 29.4. The molecule has 0 aliphatic carbocycles. The SMILES string of the molecule is CCOC(=O)CN(C(=O)CSc1nc(-c2ccc(Br)cc2)cc(-c2ccccc2)c1C#N)c1cccc([N+](=O)[O-])c1. The minimum atomic E-state index is -0.656. The Morgan fingerprint density at radius 3 is 2.44 bits per heavy atom. The van der Waals surface area contributed by atoms with Crippen LogP contribution < -0.4 is 4.90 Å². The van der Waals surface area contributed by atoms with Crippen molar-refractivity contribution < 1.29 is 19.2 Å². The number of non-ortho nitro benzene ring substituents is 1. The van der Waals surface area contributed by atoms with Crippen LogP contribution in [0.15, 0.2) is 94.4 Å². The lowest BCUT2D eigenvalue weighted by Gasteiger charge is -2.22. The summed E-state index contributed by atoms with van der Waals surface area (Å²) >= 11 is 4.49. The van der Waals surface area contributed by atoms with Crippen LogP contribution in [-0.2, 0) is 14.3 Å². The van der Waals surface area contributed by atoms with Gasteiger partial charge in [-0.15, -0.1) is 0 Å². The molecule has 1 amide bonds. The Balaban J connectivity index is 1.72. The number of halogens is 1. The van der Waals surface area contributed by atoms with E-state index in [0.717, 1.165) is 32.3 Å². The summed E-state index contributed by atoms with van der Waals surface area (Å²) in [7, 11) is 0. The lowest BCUT2D eigenvalue weighted by atomic mass is 9.99. The predicted molar refractivity (Wildman–Crippen MR) is 160 cm³/mol. The summed E-state index contributed by atoms with van der Waals surface area (Å²) in [6.07, 6.45) is 0. The second-order valence-corrected chi connectivity index (χ2v) is 10.5. The number of aromatic nitrogens is 1. The second-order valence-electron chi connectivity index (χ2n) is 8.57. The second kappa shape index (κ2) is 13.7. The van der Waals surface area contributed by atoms with Crippen molar-refractivity contribution in [3.63, 3.8) is 0 Å². The number of anilines is 1. The van der Waals surface area contributed by atoms with Crippen molar-refractivity contribution >= 4 is 50.9 Å². The van der Waals surface area contributed by atoms with E-state index in [1.165, 1.54) is 24.3 Å². The van der Waals surface area contributed by atoms with Gasteiger partial charge in [0.15, 0.2) is 0 Å². The van der Waals surface area contributed by atoms with Crippen molar-refractivity contribution in [2.24, 2.45) is 0 Å². The van der Waals surface area contributed by atoms with Crippen LogP contribution in [-0.4, -0.2) is 40.7 Å². The number of pyridine rings is 1. The third-order valence-electron chi connectivity index (χ3n) is 5.90. The third-order valence-corrected chi connectivity index (χ3v) is 7.39. The van der Waals surface area contributed by atoms with E-state index in [2.05, 4.69) is 22.0 Å². The molecule has 0 radical (unpaired) electrons. The van der Waals surface area contributed by atoms with E-state index >= 15 is 0 Å². The lowest BCUT2D eigenvalue weighted by molar-refractivity contribution is -0.384. The standard InChI is InChI=1S/C30H23BrN4O5S/c1-2-40-29(37)18-34(23-9-6-10-24(15-23)35(38)39)28(36)19-41-30-26(17-32)25(20-7-4-3-5-8-20)16-27(33-30)21-11-13-22(31)14-12-21/h3-16H,2,18-19H2,1H3. The fourth-order valence-electron chi connectivity index (χ4n) is 3.99. The number of esters is 1. The molecule has 0 saturated heterocycles. The molecule has 1 heterocycles. The summed E-state index contributed by atoms with van der Waals surface area (Å²) in [5, 5.41) is 21.8. The molecule has 9 nitrogen and oxygen atoms in total. The van der Waals surface area contributed by atoms with Crippen LogP contribution in [0.3, 0.4) is 0 Å². The molecule has 0 spiro atoms. The van der Waals surface area contributed by atoms with E-state index in [0.29, 0.717) is 21.8 Å². The Labute approximate surface area is 249 Å². The van der Waals surface area contributed by atoms with Crippen LogP contribution in [0.25, 0.3) is 22.4 Å². The Kier molecular flexibility index (Phi) is 9.84. The molecular weight excluding hydrogens is 608 g/mol. The van der Waals surface area contributed by atoms with Gasteiger partial charge in [-0.3, -0.25) is 19.7 Å². The maximum atomic E-state index is 13.5. The highest BCUT2D eigenvalue weighted by Gasteiger charge is 2.24. The number of hydrogen-bond donors (Lipinski definition) is 0. The predicted octanol–water partition coefficient (Wildman–Crippen LogP) is 6.65. The van der Waals surface area contributed by atoms with Gasteiger partial charge in [0, 0.05) is 27.7 Å². The number of hydrogen-bond acceptors (Lipinski definition) is 8. The Morgan fingerprint density at radius 1 is 1.05 bits per heavy atom. The Bertz CT molecular complexity index is 1620. The molecule has 0 atom stereocenters. The van der Waals surface area contributed by atoms with Gasteiger partial charge in [0.05, 0.1) is 34.2 Å². The van der Waals surface area contributed by atoms with E-state index in [-0.39, 0.29) is 23.7 Å². The van der Waals surface area contributed by atoms with Crippen molar-refractivity contribution in [3.8, 4) is 28.5 Å². The monoisotopic (exact) mass is 630 g/mol. The minimum absolute atomic E-state index is 0.116. The highest BCUT2D eigenvalue weighted by Crippen LogP contribution is 2.35. The van der Waals surface area contributed by atoms with Gasteiger partial charge in [0.1, 0.15) is 17.6 Å². The quantitative estimate of drug-likeness (QED) is 0.0825. The van der Waals surface area contributed by atoms with Crippen LogP contribution in [0, 0.1) is 21.4 Å². The molecule has 0 saturated carbocycles. The number of rotatable bonds is 10. The summed E-state index contributed by atoms with van der Waals surface area (Å²) in [5.41, 5.74) is 3.19. The van der Waals surface area contributed by atoms with E-state index in [4.69, 9.17) is 9.72 Å². The minimum Gasteiger partial charge on any atom is -0.465 e. The molecule has 11 heteroatoms. The highest BCUT2D eigenvalue weighted by molar-refractivity contribution is 9.10. The first kappa shape index (κ1) is 29.5. The molecule has 4 rings (SSSR count). The smallest absolute Gasteiger partial charge is 0.326 e. The summed E-state index contributed by atoms with van der Waals surface area (Å²) in [6, 6.07) is 26.6. The van der Waals surface area contributed by atoms with E-state index in [9.17, 15) is 25.0 Å².